The number of halogens is 2. The number of hydrogen-bond donors (Lipinski definition) is 1. The second-order valence-electron chi connectivity index (χ2n) is 8.45. The lowest BCUT2D eigenvalue weighted by Crippen LogP contribution is -2.49. The molecule has 3 heterocycles. The minimum atomic E-state index is 0.434. The van der Waals surface area contributed by atoms with Gasteiger partial charge in [-0.2, -0.15) is 4.98 Å². The van der Waals surface area contributed by atoms with Crippen LogP contribution in [-0.4, -0.2) is 56.9 Å². The van der Waals surface area contributed by atoms with E-state index in [9.17, 15) is 0 Å². The van der Waals surface area contributed by atoms with Crippen LogP contribution in [0.3, 0.4) is 0 Å². The van der Waals surface area contributed by atoms with Gasteiger partial charge >= 0.3 is 0 Å². The number of nitrogen functional groups attached to an aromatic ring is 1. The topological polar surface area (TPSA) is 76.1 Å². The molecule has 2 aromatic carbocycles. The van der Waals surface area contributed by atoms with E-state index < -0.39 is 0 Å². The van der Waals surface area contributed by atoms with E-state index in [2.05, 4.69) is 23.6 Å². The molecular weight excluding hydrogens is 457 g/mol. The fourth-order valence-corrected chi connectivity index (χ4v) is 4.64. The summed E-state index contributed by atoms with van der Waals surface area (Å²) in [6.07, 6.45) is 0. The number of para-hydroxylation sites is 1. The molecule has 9 heteroatoms. The molecule has 0 amide bonds. The molecule has 0 bridgehead atoms. The predicted molar refractivity (Wildman–Crippen MR) is 135 cm³/mol. The fourth-order valence-electron chi connectivity index (χ4n) is 4.23. The number of benzene rings is 2. The van der Waals surface area contributed by atoms with E-state index in [-0.39, 0.29) is 0 Å². The summed E-state index contributed by atoms with van der Waals surface area (Å²) < 4.78 is 1.64. The SMILES string of the molecule is CC(C)N1CCN(c2nc(-c3cccc(Cl)c3)c3c(N)n(-c4ccccc4Cl)nc3n2)CC1. The molecule has 0 atom stereocenters. The highest BCUT2D eigenvalue weighted by Gasteiger charge is 2.25. The van der Waals surface area contributed by atoms with Gasteiger partial charge in [-0.15, -0.1) is 5.10 Å². The molecule has 33 heavy (non-hydrogen) atoms. The van der Waals surface area contributed by atoms with Crippen LogP contribution in [0.15, 0.2) is 48.5 Å². The standard InChI is InChI=1S/C24H25Cl2N7/c1-15(2)31-10-12-32(13-11-31)24-28-21(16-6-5-7-17(25)14-16)20-22(27)33(30-23(20)29-24)19-9-4-3-8-18(19)26/h3-9,14-15H,10-13,27H2,1-2H3. The molecule has 4 aromatic rings. The van der Waals surface area contributed by atoms with Gasteiger partial charge in [-0.05, 0) is 38.1 Å². The van der Waals surface area contributed by atoms with Crippen LogP contribution in [0.1, 0.15) is 13.8 Å². The number of nitrogens with zero attached hydrogens (tertiary/aromatic N) is 6. The van der Waals surface area contributed by atoms with E-state index >= 15 is 0 Å². The molecule has 1 fully saturated rings. The Morgan fingerprint density at radius 3 is 2.39 bits per heavy atom. The molecule has 7 nitrogen and oxygen atoms in total. The summed E-state index contributed by atoms with van der Waals surface area (Å²) >= 11 is 12.8. The molecule has 0 aliphatic carbocycles. The van der Waals surface area contributed by atoms with Crippen LogP contribution in [0.25, 0.3) is 28.0 Å². The summed E-state index contributed by atoms with van der Waals surface area (Å²) in [5.41, 5.74) is 9.40. The Morgan fingerprint density at radius 1 is 0.939 bits per heavy atom. The Labute approximate surface area is 202 Å². The van der Waals surface area contributed by atoms with Crippen molar-refractivity contribution < 1.29 is 0 Å². The van der Waals surface area contributed by atoms with E-state index in [1.807, 2.05) is 48.5 Å². The zero-order valence-electron chi connectivity index (χ0n) is 18.5. The van der Waals surface area contributed by atoms with Crippen molar-refractivity contribution in [2.24, 2.45) is 0 Å². The van der Waals surface area contributed by atoms with E-state index in [1.54, 1.807) is 4.68 Å². The van der Waals surface area contributed by atoms with Gasteiger partial charge in [-0.3, -0.25) is 4.90 Å². The monoisotopic (exact) mass is 481 g/mol. The second-order valence-corrected chi connectivity index (χ2v) is 9.29. The average Bonchev–Trinajstić information content (AvgIpc) is 3.15. The van der Waals surface area contributed by atoms with Gasteiger partial charge in [0, 0.05) is 42.8 Å². The number of rotatable bonds is 4. The molecule has 0 spiro atoms. The van der Waals surface area contributed by atoms with E-state index in [0.717, 1.165) is 31.7 Å². The van der Waals surface area contributed by atoms with E-state index in [0.29, 0.717) is 50.3 Å². The lowest BCUT2D eigenvalue weighted by atomic mass is 10.1. The van der Waals surface area contributed by atoms with Crippen LogP contribution in [0, 0.1) is 0 Å². The van der Waals surface area contributed by atoms with Gasteiger partial charge in [0.2, 0.25) is 5.95 Å². The highest BCUT2D eigenvalue weighted by atomic mass is 35.5. The second kappa shape index (κ2) is 8.82. The molecule has 0 saturated carbocycles. The minimum Gasteiger partial charge on any atom is -0.383 e. The highest BCUT2D eigenvalue weighted by Crippen LogP contribution is 2.35. The summed E-state index contributed by atoms with van der Waals surface area (Å²) in [5.74, 6) is 1.08. The van der Waals surface area contributed by atoms with Gasteiger partial charge in [-0.1, -0.05) is 47.5 Å². The first-order chi connectivity index (χ1) is 15.9. The first-order valence-electron chi connectivity index (χ1n) is 11.0. The van der Waals surface area contributed by atoms with Gasteiger partial charge < -0.3 is 10.6 Å². The van der Waals surface area contributed by atoms with Gasteiger partial charge in [0.05, 0.1) is 21.8 Å². The predicted octanol–water partition coefficient (Wildman–Crippen LogP) is 4.90. The maximum absolute atomic E-state index is 6.60. The summed E-state index contributed by atoms with van der Waals surface area (Å²) in [6.45, 7) is 8.06. The van der Waals surface area contributed by atoms with E-state index in [1.165, 1.54) is 0 Å². The quantitative estimate of drug-likeness (QED) is 0.446. The van der Waals surface area contributed by atoms with Crippen molar-refractivity contribution in [3.05, 3.63) is 58.6 Å². The molecule has 170 valence electrons. The molecule has 2 N–H and O–H groups in total. The van der Waals surface area contributed by atoms with Gasteiger partial charge in [0.1, 0.15) is 5.82 Å². The molecule has 1 aliphatic rings. The van der Waals surface area contributed by atoms with Gasteiger partial charge in [-0.25, -0.2) is 9.67 Å². The van der Waals surface area contributed by atoms with Gasteiger partial charge in [0.15, 0.2) is 5.65 Å². The molecule has 0 unspecified atom stereocenters. The summed E-state index contributed by atoms with van der Waals surface area (Å²) in [5, 5.41) is 6.60. The van der Waals surface area contributed by atoms with Crippen molar-refractivity contribution in [3.63, 3.8) is 0 Å². The molecule has 0 radical (unpaired) electrons. The van der Waals surface area contributed by atoms with Crippen LogP contribution in [0.4, 0.5) is 11.8 Å². The van der Waals surface area contributed by atoms with Crippen molar-refractivity contribution >= 4 is 46.0 Å². The summed E-state index contributed by atoms with van der Waals surface area (Å²) in [6, 6.07) is 15.6. The number of hydrogen-bond acceptors (Lipinski definition) is 6. The van der Waals surface area contributed by atoms with Crippen molar-refractivity contribution in [2.45, 2.75) is 19.9 Å². The third kappa shape index (κ3) is 4.12. The number of nitrogens with two attached hydrogens (primary N) is 1. The zero-order valence-corrected chi connectivity index (χ0v) is 20.1. The maximum Gasteiger partial charge on any atom is 0.228 e. The van der Waals surface area contributed by atoms with Crippen molar-refractivity contribution in [2.75, 3.05) is 36.8 Å². The Kier molecular flexibility index (Phi) is 5.86. The van der Waals surface area contributed by atoms with Crippen LogP contribution in [0.5, 0.6) is 0 Å². The first-order valence-corrected chi connectivity index (χ1v) is 11.7. The van der Waals surface area contributed by atoms with Crippen LogP contribution >= 0.6 is 23.2 Å². The third-order valence-electron chi connectivity index (χ3n) is 6.06. The van der Waals surface area contributed by atoms with Crippen molar-refractivity contribution in [1.82, 2.24) is 24.6 Å². The minimum absolute atomic E-state index is 0.434. The number of piperazine rings is 1. The molecule has 1 aliphatic heterocycles. The molecular formula is C24H25Cl2N7. The largest absolute Gasteiger partial charge is 0.383 e. The van der Waals surface area contributed by atoms with E-state index in [4.69, 9.17) is 44.0 Å². The van der Waals surface area contributed by atoms with Gasteiger partial charge in [0.25, 0.3) is 0 Å². The van der Waals surface area contributed by atoms with Crippen LogP contribution < -0.4 is 10.6 Å². The summed E-state index contributed by atoms with van der Waals surface area (Å²) in [7, 11) is 0. The lowest BCUT2D eigenvalue weighted by molar-refractivity contribution is 0.208. The fraction of sp³-hybridized carbons (Fsp3) is 0.292. The molecule has 1 saturated heterocycles. The molecule has 2 aromatic heterocycles. The number of anilines is 2. The zero-order chi connectivity index (χ0) is 23.1. The van der Waals surface area contributed by atoms with Crippen LogP contribution in [0.2, 0.25) is 10.0 Å². The lowest BCUT2D eigenvalue weighted by Gasteiger charge is -2.36. The Morgan fingerprint density at radius 2 is 1.70 bits per heavy atom. The first kappa shape index (κ1) is 21.9. The Bertz CT molecular complexity index is 1310. The highest BCUT2D eigenvalue weighted by molar-refractivity contribution is 6.32. The molecule has 5 rings (SSSR count). The summed E-state index contributed by atoms with van der Waals surface area (Å²) in [4.78, 5) is 14.5. The Hall–Kier alpha value is -2.87. The van der Waals surface area contributed by atoms with Crippen molar-refractivity contribution in [1.29, 1.82) is 0 Å². The number of aromatic nitrogens is 4. The normalized spacial score (nSPS) is 15.0. The van der Waals surface area contributed by atoms with Crippen molar-refractivity contribution in [3.8, 4) is 16.9 Å². The smallest absolute Gasteiger partial charge is 0.228 e. The van der Waals surface area contributed by atoms with Crippen LogP contribution in [-0.2, 0) is 0 Å². The third-order valence-corrected chi connectivity index (χ3v) is 6.62. The maximum atomic E-state index is 6.60. The Balaban J connectivity index is 1.67. The average molecular weight is 482 g/mol. The number of fused-ring (bicyclic) bond motifs is 1.